The fourth-order valence-corrected chi connectivity index (χ4v) is 6.23. The quantitative estimate of drug-likeness (QED) is 0.141. The van der Waals surface area contributed by atoms with Crippen LogP contribution in [0.1, 0.15) is 53.3 Å². The fourth-order valence-electron chi connectivity index (χ4n) is 4.71. The van der Waals surface area contributed by atoms with E-state index in [0.717, 1.165) is 0 Å². The van der Waals surface area contributed by atoms with E-state index in [1.165, 1.54) is 29.9 Å². The number of para-hydroxylation sites is 1. The normalized spacial score (nSPS) is 22.5. The molecule has 0 radical (unpaired) electrons. The SMILES string of the molecule is CCOC(=O)[C@H](C)NP(=O)(OC[C@@]1(C#N)O[C@@H](c2ccc3c(N)ncnn23)[C@H](OC(=O)C(C)C)[C@@H]1OC(=O)C(C)C)Oc1ccccc1. The van der Waals surface area contributed by atoms with E-state index in [1.807, 2.05) is 6.07 Å². The molecule has 48 heavy (non-hydrogen) atoms. The lowest BCUT2D eigenvalue weighted by Crippen LogP contribution is -2.50. The van der Waals surface area contributed by atoms with E-state index in [1.54, 1.807) is 65.0 Å². The molecule has 2 aromatic heterocycles. The van der Waals surface area contributed by atoms with Crippen molar-refractivity contribution in [3.05, 3.63) is 54.5 Å². The highest BCUT2D eigenvalue weighted by atomic mass is 31.2. The molecule has 0 amide bonds. The van der Waals surface area contributed by atoms with Gasteiger partial charge in [-0.25, -0.2) is 14.1 Å². The van der Waals surface area contributed by atoms with Crippen molar-refractivity contribution in [3.63, 3.8) is 0 Å². The van der Waals surface area contributed by atoms with Crippen LogP contribution in [0.25, 0.3) is 5.52 Å². The van der Waals surface area contributed by atoms with Gasteiger partial charge in [0.05, 0.1) is 24.1 Å². The summed E-state index contributed by atoms with van der Waals surface area (Å²) in [7, 11) is -4.52. The smallest absolute Gasteiger partial charge is 0.459 e. The number of hydrogen-bond donors (Lipinski definition) is 2. The van der Waals surface area contributed by atoms with Crippen molar-refractivity contribution in [1.82, 2.24) is 19.7 Å². The molecule has 16 nitrogen and oxygen atoms in total. The van der Waals surface area contributed by atoms with E-state index in [9.17, 15) is 24.2 Å². The first-order chi connectivity index (χ1) is 22.7. The predicted octanol–water partition coefficient (Wildman–Crippen LogP) is 3.53. The fraction of sp³-hybridized carbons (Fsp3) is 0.484. The van der Waals surface area contributed by atoms with Gasteiger partial charge in [-0.3, -0.25) is 18.9 Å². The molecule has 0 spiro atoms. The molecular formula is C31H39N6O10P. The van der Waals surface area contributed by atoms with E-state index in [2.05, 4.69) is 15.2 Å². The van der Waals surface area contributed by atoms with Crippen LogP contribution in [0.2, 0.25) is 0 Å². The largest absolute Gasteiger partial charge is 0.465 e. The molecule has 0 aliphatic carbocycles. The molecule has 1 fully saturated rings. The van der Waals surface area contributed by atoms with Crippen LogP contribution >= 0.6 is 7.75 Å². The number of benzene rings is 1. The summed E-state index contributed by atoms with van der Waals surface area (Å²) in [6, 6.07) is 12.0. The minimum Gasteiger partial charge on any atom is -0.465 e. The van der Waals surface area contributed by atoms with E-state index in [-0.39, 0.29) is 23.9 Å². The summed E-state index contributed by atoms with van der Waals surface area (Å²) in [5.74, 6) is -3.17. The average Bonchev–Trinajstić information content (AvgIpc) is 3.61. The number of esters is 3. The van der Waals surface area contributed by atoms with Gasteiger partial charge in [-0.15, -0.1) is 0 Å². The Hall–Kier alpha value is -4.55. The lowest BCUT2D eigenvalue weighted by Gasteiger charge is -2.31. The summed E-state index contributed by atoms with van der Waals surface area (Å²) in [4.78, 5) is 42.6. The topological polar surface area (TPSA) is 216 Å². The second kappa shape index (κ2) is 15.1. The molecule has 1 unspecified atom stereocenters. The van der Waals surface area contributed by atoms with Gasteiger partial charge < -0.3 is 29.2 Å². The Kier molecular flexibility index (Phi) is 11.4. The molecule has 17 heteroatoms. The maximum atomic E-state index is 14.3. The summed E-state index contributed by atoms with van der Waals surface area (Å²) < 4.78 is 50.3. The van der Waals surface area contributed by atoms with Crippen molar-refractivity contribution in [2.45, 2.75) is 71.5 Å². The Morgan fingerprint density at radius 1 is 1.06 bits per heavy atom. The van der Waals surface area contributed by atoms with Gasteiger partial charge in [-0.05, 0) is 38.1 Å². The van der Waals surface area contributed by atoms with Gasteiger partial charge >= 0.3 is 25.7 Å². The highest BCUT2D eigenvalue weighted by Gasteiger charge is 2.62. The van der Waals surface area contributed by atoms with Crippen molar-refractivity contribution in [2.24, 2.45) is 11.8 Å². The Bertz CT molecular complexity index is 1710. The molecule has 4 rings (SSSR count). The van der Waals surface area contributed by atoms with Crippen LogP contribution in [0.3, 0.4) is 0 Å². The molecule has 0 bridgehead atoms. The molecule has 3 heterocycles. The maximum Gasteiger partial charge on any atom is 0.459 e. The lowest BCUT2D eigenvalue weighted by molar-refractivity contribution is -0.173. The van der Waals surface area contributed by atoms with E-state index in [0.29, 0.717) is 5.52 Å². The van der Waals surface area contributed by atoms with Gasteiger partial charge in [0.1, 0.15) is 42.4 Å². The number of aromatic nitrogens is 3. The van der Waals surface area contributed by atoms with Gasteiger partial charge in [0.15, 0.2) is 18.0 Å². The molecule has 0 saturated carbocycles. The highest BCUT2D eigenvalue weighted by molar-refractivity contribution is 7.52. The van der Waals surface area contributed by atoms with Crippen molar-refractivity contribution in [2.75, 3.05) is 18.9 Å². The van der Waals surface area contributed by atoms with Crippen LogP contribution < -0.4 is 15.3 Å². The number of nitrogens with one attached hydrogen (secondary N) is 1. The average molecular weight is 687 g/mol. The van der Waals surface area contributed by atoms with Gasteiger partial charge in [0.25, 0.3) is 0 Å². The van der Waals surface area contributed by atoms with Crippen molar-refractivity contribution in [3.8, 4) is 11.8 Å². The first-order valence-corrected chi connectivity index (χ1v) is 16.8. The van der Waals surface area contributed by atoms with Gasteiger partial charge in [-0.1, -0.05) is 45.9 Å². The number of nitrogens with two attached hydrogens (primary N) is 1. The summed E-state index contributed by atoms with van der Waals surface area (Å²) >= 11 is 0. The van der Waals surface area contributed by atoms with Crippen LogP contribution in [-0.2, 0) is 42.4 Å². The first-order valence-electron chi connectivity index (χ1n) is 15.3. The Morgan fingerprint density at radius 2 is 1.73 bits per heavy atom. The number of anilines is 1. The zero-order valence-electron chi connectivity index (χ0n) is 27.4. The van der Waals surface area contributed by atoms with Crippen LogP contribution in [0.4, 0.5) is 5.82 Å². The third kappa shape index (κ3) is 7.94. The van der Waals surface area contributed by atoms with Crippen LogP contribution in [0, 0.1) is 23.2 Å². The molecule has 1 aliphatic heterocycles. The zero-order valence-corrected chi connectivity index (χ0v) is 28.3. The summed E-state index contributed by atoms with van der Waals surface area (Å²) in [5, 5.41) is 17.5. The monoisotopic (exact) mass is 686 g/mol. The first kappa shape index (κ1) is 36.3. The van der Waals surface area contributed by atoms with Crippen LogP contribution in [0.5, 0.6) is 5.75 Å². The maximum absolute atomic E-state index is 14.3. The van der Waals surface area contributed by atoms with Gasteiger partial charge in [0, 0.05) is 0 Å². The second-order valence-electron chi connectivity index (χ2n) is 11.6. The van der Waals surface area contributed by atoms with Crippen LogP contribution in [0.15, 0.2) is 48.8 Å². The van der Waals surface area contributed by atoms with Crippen molar-refractivity contribution >= 4 is 37.0 Å². The Labute approximate surface area is 277 Å². The van der Waals surface area contributed by atoms with E-state index in [4.69, 9.17) is 33.7 Å². The van der Waals surface area contributed by atoms with E-state index < -0.39 is 74.1 Å². The number of hydrogen-bond acceptors (Lipinski definition) is 14. The van der Waals surface area contributed by atoms with Crippen molar-refractivity contribution < 1.29 is 46.9 Å². The number of nitriles is 1. The van der Waals surface area contributed by atoms with Crippen LogP contribution in [-0.4, -0.2) is 69.6 Å². The predicted molar refractivity (Wildman–Crippen MR) is 169 cm³/mol. The molecule has 1 saturated heterocycles. The zero-order chi connectivity index (χ0) is 35.2. The second-order valence-corrected chi connectivity index (χ2v) is 13.3. The molecule has 1 aromatic carbocycles. The molecular weight excluding hydrogens is 647 g/mol. The number of carbonyl (C=O) groups is 3. The number of nitrogen functional groups attached to an aromatic ring is 1. The number of ether oxygens (including phenoxy) is 4. The number of rotatable bonds is 14. The van der Waals surface area contributed by atoms with Crippen molar-refractivity contribution in [1.29, 1.82) is 5.26 Å². The minimum atomic E-state index is -4.52. The number of fused-ring (bicyclic) bond motifs is 1. The van der Waals surface area contributed by atoms with Gasteiger partial charge in [0.2, 0.25) is 5.60 Å². The standard InChI is InChI=1S/C31H39N6O10P/c1-7-42-30(40)20(6)36-48(41,47-21-11-9-8-10-12-21)43-16-31(15-32)26(45-29(39)19(4)5)25(44-28(38)18(2)3)24(46-31)22-13-14-23-27(33)34-17-35-37(22)23/h8-14,17-20,24-26H,7,16H2,1-6H3,(H,36,41)(H2,33,34,35)/t20-,24-,25-,26-,31+,48?/m0/s1. The minimum absolute atomic E-state index is 0.0622. The molecule has 1 aliphatic rings. The number of nitrogens with zero attached hydrogens (tertiary/aromatic N) is 4. The Morgan fingerprint density at radius 3 is 2.35 bits per heavy atom. The molecule has 3 aromatic rings. The third-order valence-corrected chi connectivity index (χ3v) is 8.86. The van der Waals surface area contributed by atoms with E-state index >= 15 is 0 Å². The Balaban J connectivity index is 1.80. The lowest BCUT2D eigenvalue weighted by atomic mass is 9.95. The third-order valence-electron chi connectivity index (χ3n) is 7.23. The summed E-state index contributed by atoms with van der Waals surface area (Å²) in [6.07, 6.45) is -3.09. The molecule has 6 atom stereocenters. The summed E-state index contributed by atoms with van der Waals surface area (Å²) in [5.41, 5.74) is 4.47. The molecule has 3 N–H and O–H groups in total. The number of carbonyl (C=O) groups excluding carboxylic acids is 3. The summed E-state index contributed by atoms with van der Waals surface area (Å²) in [6.45, 7) is 8.60. The highest BCUT2D eigenvalue weighted by Crippen LogP contribution is 2.50. The van der Waals surface area contributed by atoms with Gasteiger partial charge in [-0.2, -0.15) is 15.4 Å². The molecule has 258 valence electrons.